The maximum Gasteiger partial charge on any atom is 0.433 e. The van der Waals surface area contributed by atoms with E-state index in [0.29, 0.717) is 23.2 Å². The van der Waals surface area contributed by atoms with Crippen molar-refractivity contribution in [2.45, 2.75) is 0 Å². The molecule has 0 spiro atoms. The van der Waals surface area contributed by atoms with Crippen LogP contribution in [0.1, 0.15) is 5.76 Å². The number of hydrogen-bond donors (Lipinski definition) is 1. The first-order valence-electron chi connectivity index (χ1n) is 11.0. The molecular weight excluding hydrogens is 502 g/mol. The van der Waals surface area contributed by atoms with Crippen LogP contribution in [0.5, 0.6) is 17.2 Å². The molecule has 1 amide bonds. The summed E-state index contributed by atoms with van der Waals surface area (Å²) in [4.78, 5) is 33.3. The van der Waals surface area contributed by atoms with E-state index in [0.717, 1.165) is 10.6 Å². The molecular formula is C25H21N3O10. The number of fused-ring (bicyclic) bond motifs is 1. The fourth-order valence-corrected chi connectivity index (χ4v) is 3.46. The molecule has 3 heterocycles. The number of carbonyl (C=O) groups is 1. The summed E-state index contributed by atoms with van der Waals surface area (Å²) >= 11 is 0. The van der Waals surface area contributed by atoms with Gasteiger partial charge in [0.2, 0.25) is 11.2 Å². The standard InChI is InChI=1S/C17H14O5.C8H7N3O5/c1-20-11-5-3-10(4-6-11)13-9-22-16-12(15(13)19)7-8-14(18)17(16)21-2;12-8-10(3-4-15-8)9-5-6-1-2-7(16-6)11(13)14/h3-9,18H,1-2H3;1-2,5H,3-4H2. The number of nitrogens with zero attached hydrogens (tertiary/aromatic N) is 3. The Morgan fingerprint density at radius 2 is 1.84 bits per heavy atom. The Kier molecular flexibility index (Phi) is 7.56. The highest BCUT2D eigenvalue weighted by molar-refractivity contribution is 5.88. The lowest BCUT2D eigenvalue weighted by Crippen LogP contribution is -2.17. The van der Waals surface area contributed by atoms with Crippen LogP contribution >= 0.6 is 0 Å². The summed E-state index contributed by atoms with van der Waals surface area (Å²) in [6, 6.07) is 12.7. The molecule has 0 bridgehead atoms. The van der Waals surface area contributed by atoms with Crippen LogP contribution in [0, 0.1) is 10.1 Å². The van der Waals surface area contributed by atoms with Gasteiger partial charge in [0.05, 0.1) is 44.0 Å². The fourth-order valence-electron chi connectivity index (χ4n) is 3.46. The van der Waals surface area contributed by atoms with Crippen molar-refractivity contribution in [3.8, 4) is 28.4 Å². The molecule has 2 aromatic carbocycles. The predicted octanol–water partition coefficient (Wildman–Crippen LogP) is 4.16. The lowest BCUT2D eigenvalue weighted by atomic mass is 10.1. The van der Waals surface area contributed by atoms with E-state index in [1.165, 1.54) is 43.9 Å². The van der Waals surface area contributed by atoms with E-state index in [1.807, 2.05) is 0 Å². The van der Waals surface area contributed by atoms with Crippen LogP contribution in [0.4, 0.5) is 10.7 Å². The highest BCUT2D eigenvalue weighted by atomic mass is 16.6. The number of rotatable bonds is 6. The monoisotopic (exact) mass is 523 g/mol. The van der Waals surface area contributed by atoms with Crippen molar-refractivity contribution in [2.24, 2.45) is 5.10 Å². The maximum absolute atomic E-state index is 12.6. The van der Waals surface area contributed by atoms with Crippen LogP contribution in [-0.4, -0.2) is 54.7 Å². The molecule has 1 aliphatic heterocycles. The van der Waals surface area contributed by atoms with E-state index in [-0.39, 0.29) is 40.8 Å². The molecule has 0 saturated carbocycles. The first kappa shape index (κ1) is 25.8. The lowest BCUT2D eigenvalue weighted by Gasteiger charge is -2.08. The van der Waals surface area contributed by atoms with Crippen molar-refractivity contribution in [1.29, 1.82) is 0 Å². The Balaban J connectivity index is 0.000000186. The summed E-state index contributed by atoms with van der Waals surface area (Å²) in [7, 11) is 2.99. The molecule has 1 fully saturated rings. The van der Waals surface area contributed by atoms with Crippen LogP contribution in [0.15, 0.2) is 73.5 Å². The van der Waals surface area contributed by atoms with E-state index < -0.39 is 11.0 Å². The summed E-state index contributed by atoms with van der Waals surface area (Å²) in [6.45, 7) is 0.645. The second-order valence-electron chi connectivity index (χ2n) is 7.62. The minimum atomic E-state index is -0.651. The Bertz CT molecular complexity index is 1560. The van der Waals surface area contributed by atoms with Crippen molar-refractivity contribution in [3.05, 3.63) is 80.9 Å². The Morgan fingerprint density at radius 3 is 2.45 bits per heavy atom. The van der Waals surface area contributed by atoms with Crippen LogP contribution < -0.4 is 14.9 Å². The summed E-state index contributed by atoms with van der Waals surface area (Å²) in [5.41, 5.74) is 1.20. The number of hydrogen-bond acceptors (Lipinski definition) is 11. The third kappa shape index (κ3) is 5.41. The molecule has 1 N–H and O–H groups in total. The zero-order valence-electron chi connectivity index (χ0n) is 20.2. The number of furan rings is 1. The smallest absolute Gasteiger partial charge is 0.433 e. The Morgan fingerprint density at radius 1 is 1.08 bits per heavy atom. The van der Waals surface area contributed by atoms with Gasteiger partial charge >= 0.3 is 12.0 Å². The molecule has 13 heteroatoms. The highest BCUT2D eigenvalue weighted by Crippen LogP contribution is 2.34. The van der Waals surface area contributed by atoms with Crippen molar-refractivity contribution < 1.29 is 37.9 Å². The van der Waals surface area contributed by atoms with Gasteiger partial charge in [-0.3, -0.25) is 14.9 Å². The van der Waals surface area contributed by atoms with Crippen molar-refractivity contribution in [1.82, 2.24) is 5.01 Å². The van der Waals surface area contributed by atoms with E-state index in [2.05, 4.69) is 9.84 Å². The van der Waals surface area contributed by atoms with E-state index in [9.17, 15) is 24.8 Å². The third-order valence-corrected chi connectivity index (χ3v) is 5.34. The number of cyclic esters (lactones) is 1. The molecule has 196 valence electrons. The molecule has 2 aromatic heterocycles. The summed E-state index contributed by atoms with van der Waals surface area (Å²) in [5.74, 6) is 0.614. The Labute approximate surface area is 214 Å². The molecule has 13 nitrogen and oxygen atoms in total. The molecule has 0 atom stereocenters. The summed E-state index contributed by atoms with van der Waals surface area (Å²) in [6.07, 6.45) is 2.05. The second-order valence-corrected chi connectivity index (χ2v) is 7.62. The van der Waals surface area contributed by atoms with Crippen molar-refractivity contribution in [3.63, 3.8) is 0 Å². The predicted molar refractivity (Wildman–Crippen MR) is 134 cm³/mol. The SMILES string of the molecule is COc1ccc(-c2coc3c(OC)c(O)ccc3c2=O)cc1.O=C1OCCN1N=Cc1ccc([N+](=O)[O-])o1. The quantitative estimate of drug-likeness (QED) is 0.220. The number of nitro groups is 1. The number of carbonyl (C=O) groups excluding carboxylic acids is 1. The molecule has 1 aliphatic rings. The van der Waals surface area contributed by atoms with Crippen LogP contribution in [0.2, 0.25) is 0 Å². The number of benzene rings is 2. The molecule has 4 aromatic rings. The van der Waals surface area contributed by atoms with Gasteiger partial charge in [0.25, 0.3) is 0 Å². The highest BCUT2D eigenvalue weighted by Gasteiger charge is 2.21. The van der Waals surface area contributed by atoms with Gasteiger partial charge in [0.1, 0.15) is 23.5 Å². The van der Waals surface area contributed by atoms with Gasteiger partial charge in [-0.25, -0.2) is 4.79 Å². The number of amides is 1. The van der Waals surface area contributed by atoms with Gasteiger partial charge in [-0.1, -0.05) is 12.1 Å². The van der Waals surface area contributed by atoms with E-state index in [1.54, 1.807) is 31.4 Å². The zero-order chi connectivity index (χ0) is 27.2. The number of ether oxygens (including phenoxy) is 3. The molecule has 38 heavy (non-hydrogen) atoms. The molecule has 0 radical (unpaired) electrons. The maximum atomic E-state index is 12.6. The number of methoxy groups -OCH3 is 2. The van der Waals surface area contributed by atoms with Gasteiger partial charge in [0, 0.05) is 0 Å². The second kappa shape index (κ2) is 11.2. The third-order valence-electron chi connectivity index (χ3n) is 5.34. The molecule has 0 aliphatic carbocycles. The van der Waals surface area contributed by atoms with Crippen LogP contribution in [0.25, 0.3) is 22.1 Å². The molecule has 1 saturated heterocycles. The average molecular weight is 523 g/mol. The number of phenolic OH excluding ortho intramolecular Hbond substituents is 1. The largest absolute Gasteiger partial charge is 0.504 e. The average Bonchev–Trinajstić information content (AvgIpc) is 3.57. The fraction of sp³-hybridized carbons (Fsp3) is 0.160. The number of phenols is 1. The Hall–Kier alpha value is -5.33. The molecule has 0 unspecified atom stereocenters. The number of aromatic hydroxyl groups is 1. The molecule has 5 rings (SSSR count). The normalized spacial score (nSPS) is 12.8. The summed E-state index contributed by atoms with van der Waals surface area (Å²) in [5, 5.41) is 25.3. The van der Waals surface area contributed by atoms with Gasteiger partial charge in [-0.2, -0.15) is 10.1 Å². The van der Waals surface area contributed by atoms with Crippen LogP contribution in [0.3, 0.4) is 0 Å². The van der Waals surface area contributed by atoms with Gasteiger partial charge in [0.15, 0.2) is 17.1 Å². The van der Waals surface area contributed by atoms with Gasteiger partial charge in [-0.15, -0.1) is 0 Å². The number of hydrazone groups is 1. The van der Waals surface area contributed by atoms with Gasteiger partial charge in [-0.05, 0) is 35.9 Å². The van der Waals surface area contributed by atoms with Crippen LogP contribution in [-0.2, 0) is 4.74 Å². The minimum absolute atomic E-state index is 0.0738. The van der Waals surface area contributed by atoms with Gasteiger partial charge < -0.3 is 28.2 Å². The summed E-state index contributed by atoms with van der Waals surface area (Å²) < 4.78 is 25.2. The van der Waals surface area contributed by atoms with E-state index >= 15 is 0 Å². The lowest BCUT2D eigenvalue weighted by molar-refractivity contribution is -0.402. The first-order chi connectivity index (χ1) is 18.3. The minimum Gasteiger partial charge on any atom is -0.504 e. The zero-order valence-corrected chi connectivity index (χ0v) is 20.2. The first-order valence-corrected chi connectivity index (χ1v) is 11.0. The van der Waals surface area contributed by atoms with Crippen molar-refractivity contribution in [2.75, 3.05) is 27.4 Å². The van der Waals surface area contributed by atoms with E-state index in [4.69, 9.17) is 18.3 Å². The van der Waals surface area contributed by atoms with Crippen molar-refractivity contribution >= 4 is 29.2 Å². The topological polar surface area (TPSA) is 167 Å².